The highest BCUT2D eigenvalue weighted by molar-refractivity contribution is 5.71. The van der Waals surface area contributed by atoms with Gasteiger partial charge in [-0.1, -0.05) is 30.3 Å². The first-order valence-electron chi connectivity index (χ1n) is 13.6. The number of para-hydroxylation sites is 1. The molecule has 1 aliphatic heterocycles. The van der Waals surface area contributed by atoms with E-state index in [0.717, 1.165) is 44.3 Å². The number of rotatable bonds is 12. The summed E-state index contributed by atoms with van der Waals surface area (Å²) >= 11 is 0. The van der Waals surface area contributed by atoms with Crippen molar-refractivity contribution in [2.45, 2.75) is 82.8 Å². The number of halogens is 3. The maximum Gasteiger partial charge on any atom is 0.573 e. The van der Waals surface area contributed by atoms with E-state index in [0.29, 0.717) is 35.2 Å². The summed E-state index contributed by atoms with van der Waals surface area (Å²) in [5.41, 5.74) is 1.83. The zero-order chi connectivity index (χ0) is 28.3. The monoisotopic (exact) mass is 559 g/mol. The van der Waals surface area contributed by atoms with E-state index in [4.69, 9.17) is 14.4 Å². The van der Waals surface area contributed by atoms with Crippen molar-refractivity contribution >= 4 is 11.8 Å². The average molecular weight is 560 g/mol. The molecule has 214 valence electrons. The Morgan fingerprint density at radius 1 is 1.12 bits per heavy atom. The summed E-state index contributed by atoms with van der Waals surface area (Å²) in [5.74, 6) is 0.454. The number of hydrogen-bond donors (Lipinski definition) is 1. The van der Waals surface area contributed by atoms with E-state index in [1.165, 1.54) is 18.2 Å². The average Bonchev–Trinajstić information content (AvgIpc) is 3.54. The summed E-state index contributed by atoms with van der Waals surface area (Å²) in [4.78, 5) is 17.9. The molecule has 0 amide bonds. The molecule has 1 aromatic carbocycles. The van der Waals surface area contributed by atoms with Gasteiger partial charge in [0.1, 0.15) is 23.0 Å². The molecule has 2 atom stereocenters. The molecule has 3 heterocycles. The quantitative estimate of drug-likeness (QED) is 0.251. The second-order valence-electron chi connectivity index (χ2n) is 10.3. The lowest BCUT2D eigenvalue weighted by Crippen LogP contribution is -2.37. The highest BCUT2D eigenvalue weighted by Crippen LogP contribution is 2.45. The van der Waals surface area contributed by atoms with Gasteiger partial charge >= 0.3 is 12.3 Å². The number of ether oxygens (including phenoxy) is 2. The summed E-state index contributed by atoms with van der Waals surface area (Å²) in [5, 5.41) is 13.2. The summed E-state index contributed by atoms with van der Waals surface area (Å²) in [6, 6.07) is 10.1. The van der Waals surface area contributed by atoms with Gasteiger partial charge in [0.2, 0.25) is 0 Å². The Labute approximate surface area is 230 Å². The van der Waals surface area contributed by atoms with Crippen LogP contribution in [0.1, 0.15) is 68.3 Å². The summed E-state index contributed by atoms with van der Waals surface area (Å²) in [6.07, 6.45) is 2.31. The van der Waals surface area contributed by atoms with Crippen molar-refractivity contribution in [3.63, 3.8) is 0 Å². The SMILES string of the molecule is CCC1CC[C@@H](CCOCc2c(-c3ccccc3OC(F)(F)F)noc2C2CC2)N1c1ccc(CC(=O)O)cn1. The summed E-state index contributed by atoms with van der Waals surface area (Å²) in [7, 11) is 0. The molecule has 40 heavy (non-hydrogen) atoms. The van der Waals surface area contributed by atoms with Gasteiger partial charge in [-0.2, -0.15) is 0 Å². The number of anilines is 1. The van der Waals surface area contributed by atoms with Crippen LogP contribution < -0.4 is 9.64 Å². The standard InChI is InChI=1S/C29H32F3N3O5/c1-2-20-10-11-21(35(20)25-12-7-18(16-33-25)15-26(36)37)13-14-38-17-23-27(34-40-28(23)19-8-9-19)22-5-3-4-6-24(22)39-29(30,31)32/h3-7,12,16,19-21H,2,8-11,13-15,17H2,1H3,(H,36,37)/t20?,21-/m0/s1. The first kappa shape index (κ1) is 27.9. The van der Waals surface area contributed by atoms with E-state index in [2.05, 4.69) is 26.7 Å². The second kappa shape index (κ2) is 11.9. The van der Waals surface area contributed by atoms with Crippen LogP contribution in [0, 0.1) is 0 Å². The van der Waals surface area contributed by atoms with E-state index < -0.39 is 12.3 Å². The Morgan fingerprint density at radius 2 is 1.90 bits per heavy atom. The topological polar surface area (TPSA) is 97.9 Å². The molecule has 1 N–H and O–H groups in total. The minimum absolute atomic E-state index is 0.0672. The van der Waals surface area contributed by atoms with E-state index in [-0.39, 0.29) is 36.3 Å². The minimum Gasteiger partial charge on any atom is -0.481 e. The van der Waals surface area contributed by atoms with Crippen molar-refractivity contribution in [2.75, 3.05) is 11.5 Å². The van der Waals surface area contributed by atoms with E-state index in [1.807, 2.05) is 12.1 Å². The number of hydrogen-bond acceptors (Lipinski definition) is 7. The van der Waals surface area contributed by atoms with Crippen molar-refractivity contribution in [3.8, 4) is 17.0 Å². The first-order chi connectivity index (χ1) is 19.2. The van der Waals surface area contributed by atoms with Crippen molar-refractivity contribution < 1.29 is 37.1 Å². The first-order valence-corrected chi connectivity index (χ1v) is 13.6. The van der Waals surface area contributed by atoms with Crippen LogP contribution in [-0.2, 0) is 22.6 Å². The molecule has 1 saturated carbocycles. The van der Waals surface area contributed by atoms with Gasteiger partial charge in [-0.15, -0.1) is 13.2 Å². The van der Waals surface area contributed by atoms with Crippen LogP contribution in [0.25, 0.3) is 11.3 Å². The van der Waals surface area contributed by atoms with Gasteiger partial charge in [-0.05, 0) is 62.3 Å². The van der Waals surface area contributed by atoms with Gasteiger partial charge in [0.25, 0.3) is 0 Å². The van der Waals surface area contributed by atoms with Gasteiger partial charge in [0.15, 0.2) is 0 Å². The zero-order valence-electron chi connectivity index (χ0n) is 22.2. The molecule has 0 radical (unpaired) electrons. The van der Waals surface area contributed by atoms with Crippen LogP contribution >= 0.6 is 0 Å². The molecule has 1 aliphatic carbocycles. The molecule has 11 heteroatoms. The van der Waals surface area contributed by atoms with Crippen molar-refractivity contribution in [1.82, 2.24) is 10.1 Å². The third-order valence-electron chi connectivity index (χ3n) is 7.50. The van der Waals surface area contributed by atoms with Gasteiger partial charge in [0, 0.05) is 41.9 Å². The molecule has 3 aromatic rings. The molecule has 1 saturated heterocycles. The Bertz CT molecular complexity index is 1310. The molecule has 1 unspecified atom stereocenters. The third kappa shape index (κ3) is 6.57. The van der Waals surface area contributed by atoms with Crippen molar-refractivity contribution in [1.29, 1.82) is 0 Å². The van der Waals surface area contributed by atoms with E-state index in [9.17, 15) is 18.0 Å². The van der Waals surface area contributed by atoms with Crippen LogP contribution in [0.5, 0.6) is 5.75 Å². The molecule has 0 bridgehead atoms. The lowest BCUT2D eigenvalue weighted by Gasteiger charge is -2.31. The number of carboxylic acids is 1. The number of pyridine rings is 1. The normalized spacial score (nSPS) is 19.2. The summed E-state index contributed by atoms with van der Waals surface area (Å²) < 4.78 is 55.1. The molecular formula is C29H32F3N3O5. The largest absolute Gasteiger partial charge is 0.573 e. The number of aliphatic carboxylic acids is 1. The maximum absolute atomic E-state index is 13.0. The smallest absolute Gasteiger partial charge is 0.481 e. The Kier molecular flexibility index (Phi) is 8.30. The lowest BCUT2D eigenvalue weighted by molar-refractivity contribution is -0.274. The van der Waals surface area contributed by atoms with Gasteiger partial charge < -0.3 is 24.0 Å². The van der Waals surface area contributed by atoms with Gasteiger partial charge in [0.05, 0.1) is 13.0 Å². The highest BCUT2D eigenvalue weighted by atomic mass is 19.4. The minimum atomic E-state index is -4.83. The Morgan fingerprint density at radius 3 is 2.58 bits per heavy atom. The zero-order valence-corrected chi connectivity index (χ0v) is 22.2. The Balaban J connectivity index is 1.27. The molecule has 5 rings (SSSR count). The van der Waals surface area contributed by atoms with Gasteiger partial charge in [-0.3, -0.25) is 4.79 Å². The molecular weight excluding hydrogens is 527 g/mol. The van der Waals surface area contributed by atoms with Crippen LogP contribution in [0.4, 0.5) is 19.0 Å². The fraction of sp³-hybridized carbons (Fsp3) is 0.483. The molecule has 2 fully saturated rings. The van der Waals surface area contributed by atoms with Gasteiger partial charge in [-0.25, -0.2) is 4.98 Å². The number of carbonyl (C=O) groups is 1. The number of alkyl halides is 3. The molecule has 8 nitrogen and oxygen atoms in total. The highest BCUT2D eigenvalue weighted by Gasteiger charge is 2.36. The van der Waals surface area contributed by atoms with Crippen LogP contribution in [0.3, 0.4) is 0 Å². The number of carboxylic acid groups (broad SMARTS) is 1. The van der Waals surface area contributed by atoms with Crippen LogP contribution in [-0.4, -0.2) is 46.3 Å². The predicted octanol–water partition coefficient (Wildman–Crippen LogP) is 6.49. The van der Waals surface area contributed by atoms with E-state index in [1.54, 1.807) is 12.3 Å². The number of benzene rings is 1. The molecule has 2 aromatic heterocycles. The third-order valence-corrected chi connectivity index (χ3v) is 7.50. The number of nitrogens with zero attached hydrogens (tertiary/aromatic N) is 3. The number of aromatic nitrogens is 2. The fourth-order valence-electron chi connectivity index (χ4n) is 5.48. The maximum atomic E-state index is 13.0. The molecule has 2 aliphatic rings. The Hall–Kier alpha value is -3.60. The predicted molar refractivity (Wildman–Crippen MR) is 140 cm³/mol. The van der Waals surface area contributed by atoms with Crippen molar-refractivity contribution in [3.05, 3.63) is 59.5 Å². The second-order valence-corrected chi connectivity index (χ2v) is 10.3. The molecule has 0 spiro atoms. The van der Waals surface area contributed by atoms with Crippen LogP contribution in [0.15, 0.2) is 47.1 Å². The van der Waals surface area contributed by atoms with E-state index >= 15 is 0 Å². The van der Waals surface area contributed by atoms with Crippen molar-refractivity contribution in [2.24, 2.45) is 0 Å². The summed E-state index contributed by atoms with van der Waals surface area (Å²) in [6.45, 7) is 2.74. The van der Waals surface area contributed by atoms with Crippen LogP contribution in [0.2, 0.25) is 0 Å². The lowest BCUT2D eigenvalue weighted by atomic mass is 10.0. The fourth-order valence-corrected chi connectivity index (χ4v) is 5.48.